The number of ketones is 1. The summed E-state index contributed by atoms with van der Waals surface area (Å²) in [7, 11) is 0. The second-order valence-corrected chi connectivity index (χ2v) is 7.68. The monoisotopic (exact) mass is 429 g/mol. The maximum atomic E-state index is 13.2. The van der Waals surface area contributed by atoms with Crippen LogP contribution in [0.25, 0.3) is 0 Å². The van der Waals surface area contributed by atoms with Crippen molar-refractivity contribution in [1.82, 2.24) is 9.47 Å². The number of fused-ring (bicyclic) bond motifs is 1. The third kappa shape index (κ3) is 3.73. The summed E-state index contributed by atoms with van der Waals surface area (Å²) in [5, 5.41) is 2.75. The summed E-state index contributed by atoms with van der Waals surface area (Å²) < 4.78 is 1.92. The highest BCUT2D eigenvalue weighted by atomic mass is 16.2. The SMILES string of the molecule is CCCn1cc(NC(=O)CN2C(=O)c3ccccc3C2=O)c(C(=O)c2ccccc2)c1C. The van der Waals surface area contributed by atoms with E-state index in [1.54, 1.807) is 54.7 Å². The minimum absolute atomic E-state index is 0.200. The molecule has 0 unspecified atom stereocenters. The van der Waals surface area contributed by atoms with E-state index in [0.717, 1.165) is 17.0 Å². The van der Waals surface area contributed by atoms with Crippen molar-refractivity contribution in [3.8, 4) is 0 Å². The molecule has 0 radical (unpaired) electrons. The average Bonchev–Trinajstić information content (AvgIpc) is 3.23. The molecule has 0 saturated heterocycles. The molecule has 0 atom stereocenters. The lowest BCUT2D eigenvalue weighted by Crippen LogP contribution is -2.37. The number of anilines is 1. The summed E-state index contributed by atoms with van der Waals surface area (Å²) in [4.78, 5) is 52.1. The van der Waals surface area contributed by atoms with E-state index >= 15 is 0 Å². The highest BCUT2D eigenvalue weighted by Gasteiger charge is 2.36. The molecule has 2 aromatic carbocycles. The molecule has 0 bridgehead atoms. The van der Waals surface area contributed by atoms with E-state index < -0.39 is 24.3 Å². The normalized spacial score (nSPS) is 12.8. The molecule has 32 heavy (non-hydrogen) atoms. The number of carbonyl (C=O) groups excluding carboxylic acids is 4. The summed E-state index contributed by atoms with van der Waals surface area (Å²) >= 11 is 0. The fraction of sp³-hybridized carbons (Fsp3) is 0.200. The average molecular weight is 429 g/mol. The van der Waals surface area contributed by atoms with Gasteiger partial charge in [0.25, 0.3) is 11.8 Å². The molecule has 0 aliphatic carbocycles. The van der Waals surface area contributed by atoms with Gasteiger partial charge in [-0.15, -0.1) is 0 Å². The Labute approximate surface area is 185 Å². The van der Waals surface area contributed by atoms with Crippen molar-refractivity contribution in [3.05, 3.63) is 88.7 Å². The van der Waals surface area contributed by atoms with Crippen molar-refractivity contribution >= 4 is 29.2 Å². The Balaban J connectivity index is 1.59. The van der Waals surface area contributed by atoms with Crippen LogP contribution in [0.15, 0.2) is 60.8 Å². The zero-order valence-corrected chi connectivity index (χ0v) is 17.9. The summed E-state index contributed by atoms with van der Waals surface area (Å²) in [5.74, 6) is -1.74. The first-order chi connectivity index (χ1) is 15.4. The largest absolute Gasteiger partial charge is 0.349 e. The van der Waals surface area contributed by atoms with E-state index in [0.29, 0.717) is 23.4 Å². The minimum atomic E-state index is -0.546. The van der Waals surface area contributed by atoms with Crippen molar-refractivity contribution < 1.29 is 19.2 Å². The van der Waals surface area contributed by atoms with E-state index in [-0.39, 0.29) is 16.9 Å². The highest BCUT2D eigenvalue weighted by Crippen LogP contribution is 2.27. The number of nitrogens with zero attached hydrogens (tertiary/aromatic N) is 2. The van der Waals surface area contributed by atoms with E-state index in [1.807, 2.05) is 24.5 Å². The van der Waals surface area contributed by atoms with E-state index in [4.69, 9.17) is 0 Å². The smallest absolute Gasteiger partial charge is 0.262 e. The van der Waals surface area contributed by atoms with Gasteiger partial charge in [-0.05, 0) is 25.5 Å². The first-order valence-corrected chi connectivity index (χ1v) is 10.5. The van der Waals surface area contributed by atoms with E-state index in [9.17, 15) is 19.2 Å². The first-order valence-electron chi connectivity index (χ1n) is 10.5. The van der Waals surface area contributed by atoms with E-state index in [2.05, 4.69) is 5.32 Å². The second kappa shape index (κ2) is 8.63. The predicted molar refractivity (Wildman–Crippen MR) is 120 cm³/mol. The number of rotatable bonds is 7. The molecular formula is C25H23N3O4. The molecule has 4 rings (SSSR count). The number of aromatic nitrogens is 1. The second-order valence-electron chi connectivity index (χ2n) is 7.68. The van der Waals surface area contributed by atoms with Crippen LogP contribution in [-0.2, 0) is 11.3 Å². The number of benzene rings is 2. The first kappa shape index (κ1) is 21.2. The van der Waals surface area contributed by atoms with Gasteiger partial charge in [-0.25, -0.2) is 0 Å². The fourth-order valence-electron chi connectivity index (χ4n) is 3.96. The molecule has 1 aliphatic rings. The lowest BCUT2D eigenvalue weighted by atomic mass is 10.0. The number of hydrogen-bond acceptors (Lipinski definition) is 4. The summed E-state index contributed by atoms with van der Waals surface area (Å²) in [6, 6.07) is 15.3. The summed E-state index contributed by atoms with van der Waals surface area (Å²) in [5.41, 5.74) is 2.61. The van der Waals surface area contributed by atoms with Gasteiger partial charge in [0.1, 0.15) is 6.54 Å². The standard InChI is InChI=1S/C25H23N3O4/c1-3-13-27-14-20(22(16(27)2)23(30)17-9-5-4-6-10-17)26-21(29)15-28-24(31)18-11-7-8-12-19(18)25(28)32/h4-12,14H,3,13,15H2,1-2H3,(H,26,29). The van der Waals surface area contributed by atoms with Crippen molar-refractivity contribution in [2.24, 2.45) is 0 Å². The molecule has 0 saturated carbocycles. The zero-order chi connectivity index (χ0) is 22.8. The Hall–Kier alpha value is -4.00. The number of aryl methyl sites for hydroxylation is 1. The van der Waals surface area contributed by atoms with Crippen LogP contribution in [0.3, 0.4) is 0 Å². The highest BCUT2D eigenvalue weighted by molar-refractivity contribution is 6.23. The van der Waals surface area contributed by atoms with Gasteiger partial charge in [-0.3, -0.25) is 24.1 Å². The van der Waals surface area contributed by atoms with Crippen LogP contribution in [0.5, 0.6) is 0 Å². The van der Waals surface area contributed by atoms with Crippen LogP contribution < -0.4 is 5.32 Å². The van der Waals surface area contributed by atoms with Gasteiger partial charge in [0.15, 0.2) is 5.78 Å². The third-order valence-corrected chi connectivity index (χ3v) is 5.53. The van der Waals surface area contributed by atoms with Gasteiger partial charge >= 0.3 is 0 Å². The molecule has 3 aromatic rings. The van der Waals surface area contributed by atoms with Gasteiger partial charge in [-0.2, -0.15) is 0 Å². The summed E-state index contributed by atoms with van der Waals surface area (Å²) in [6.07, 6.45) is 2.59. The molecule has 1 aliphatic heterocycles. The number of imide groups is 1. The zero-order valence-electron chi connectivity index (χ0n) is 17.9. The lowest BCUT2D eigenvalue weighted by molar-refractivity contribution is -0.116. The molecule has 7 nitrogen and oxygen atoms in total. The van der Waals surface area contributed by atoms with Gasteiger partial charge < -0.3 is 9.88 Å². The van der Waals surface area contributed by atoms with Gasteiger partial charge in [0.2, 0.25) is 5.91 Å². The quantitative estimate of drug-likeness (QED) is 0.458. The van der Waals surface area contributed by atoms with Gasteiger partial charge in [-0.1, -0.05) is 49.4 Å². The Morgan fingerprint density at radius 2 is 1.50 bits per heavy atom. The van der Waals surface area contributed by atoms with Crippen LogP contribution in [-0.4, -0.2) is 39.5 Å². The maximum absolute atomic E-state index is 13.2. The van der Waals surface area contributed by atoms with E-state index in [1.165, 1.54) is 0 Å². The molecule has 0 spiro atoms. The molecular weight excluding hydrogens is 406 g/mol. The molecule has 162 valence electrons. The van der Waals surface area contributed by atoms with Crippen molar-refractivity contribution in [2.75, 3.05) is 11.9 Å². The van der Waals surface area contributed by atoms with Gasteiger partial charge in [0, 0.05) is 24.0 Å². The van der Waals surface area contributed by atoms with Crippen LogP contribution in [0, 0.1) is 6.92 Å². The predicted octanol–water partition coefficient (Wildman–Crippen LogP) is 3.67. The van der Waals surface area contributed by atoms with Gasteiger partial charge in [0.05, 0.1) is 22.4 Å². The van der Waals surface area contributed by atoms with Crippen LogP contribution >= 0.6 is 0 Å². The molecule has 2 heterocycles. The van der Waals surface area contributed by atoms with Crippen molar-refractivity contribution in [3.63, 3.8) is 0 Å². The number of carbonyl (C=O) groups is 4. The number of amides is 3. The maximum Gasteiger partial charge on any atom is 0.262 e. The lowest BCUT2D eigenvalue weighted by Gasteiger charge is -2.14. The summed E-state index contributed by atoms with van der Waals surface area (Å²) in [6.45, 7) is 4.13. The van der Waals surface area contributed by atoms with Crippen molar-refractivity contribution in [1.29, 1.82) is 0 Å². The number of nitrogens with one attached hydrogen (secondary N) is 1. The molecule has 3 amide bonds. The topological polar surface area (TPSA) is 88.5 Å². The fourth-order valence-corrected chi connectivity index (χ4v) is 3.96. The molecule has 1 N–H and O–H groups in total. The van der Waals surface area contributed by atoms with Crippen LogP contribution in [0.1, 0.15) is 55.7 Å². The Kier molecular flexibility index (Phi) is 5.73. The minimum Gasteiger partial charge on any atom is -0.349 e. The van der Waals surface area contributed by atoms with Crippen LogP contribution in [0.2, 0.25) is 0 Å². The Morgan fingerprint density at radius 1 is 0.906 bits per heavy atom. The Bertz CT molecular complexity index is 1190. The van der Waals surface area contributed by atoms with Crippen LogP contribution in [0.4, 0.5) is 5.69 Å². The molecule has 7 heteroatoms. The molecule has 0 fully saturated rings. The van der Waals surface area contributed by atoms with Crippen molar-refractivity contribution in [2.45, 2.75) is 26.8 Å². The molecule has 1 aromatic heterocycles. The third-order valence-electron chi connectivity index (χ3n) is 5.53. The number of hydrogen-bond donors (Lipinski definition) is 1. The Morgan fingerprint density at radius 3 is 2.09 bits per heavy atom.